The van der Waals surface area contributed by atoms with Gasteiger partial charge in [0.15, 0.2) is 0 Å². The summed E-state index contributed by atoms with van der Waals surface area (Å²) in [6.45, 7) is 6.44. The molecule has 1 atom stereocenters. The molecule has 0 radical (unpaired) electrons. The molecule has 0 aromatic carbocycles. The first kappa shape index (κ1) is 11.9. The second-order valence-electron chi connectivity index (χ2n) is 3.67. The van der Waals surface area contributed by atoms with Crippen molar-refractivity contribution in [2.75, 3.05) is 0 Å². The van der Waals surface area contributed by atoms with Crippen molar-refractivity contribution in [2.45, 2.75) is 39.3 Å². The third kappa shape index (κ3) is 6.10. The van der Waals surface area contributed by atoms with Gasteiger partial charge < -0.3 is 15.2 Å². The van der Waals surface area contributed by atoms with E-state index in [1.807, 2.05) is 0 Å². The average Bonchev–Trinajstić information content (AvgIpc) is 1.81. The smallest absolute Gasteiger partial charge is 0.428 e. The number of hydrogen-bond acceptors (Lipinski definition) is 5. The molecule has 0 aliphatic heterocycles. The highest BCUT2D eigenvalue weighted by atomic mass is 16.7. The zero-order chi connectivity index (χ0) is 10.6. The molecule has 76 valence electrons. The summed E-state index contributed by atoms with van der Waals surface area (Å²) < 4.78 is 8.98. The number of carbonyl (C=O) groups excluding carboxylic acids is 2. The van der Waals surface area contributed by atoms with Crippen LogP contribution < -0.4 is 5.73 Å². The first-order valence-corrected chi connectivity index (χ1v) is 3.92. The van der Waals surface area contributed by atoms with Gasteiger partial charge in [0.2, 0.25) is 0 Å². The van der Waals surface area contributed by atoms with Crippen LogP contribution in [0.15, 0.2) is 0 Å². The number of rotatable bonds is 1. The van der Waals surface area contributed by atoms with Crippen molar-refractivity contribution >= 4 is 12.1 Å². The Balaban J connectivity index is 3.96. The van der Waals surface area contributed by atoms with Gasteiger partial charge in [0.05, 0.1) is 0 Å². The van der Waals surface area contributed by atoms with Gasteiger partial charge in [-0.25, -0.2) is 9.59 Å². The monoisotopic (exact) mass is 189 g/mol. The lowest BCUT2D eigenvalue weighted by Gasteiger charge is -2.18. The van der Waals surface area contributed by atoms with E-state index in [-0.39, 0.29) is 0 Å². The van der Waals surface area contributed by atoms with Gasteiger partial charge in [0.1, 0.15) is 11.6 Å². The molecule has 0 saturated carbocycles. The summed E-state index contributed by atoms with van der Waals surface area (Å²) in [5, 5.41) is 0. The lowest BCUT2D eigenvalue weighted by Crippen LogP contribution is -2.33. The van der Waals surface area contributed by atoms with E-state index in [9.17, 15) is 9.59 Å². The van der Waals surface area contributed by atoms with Gasteiger partial charge >= 0.3 is 12.1 Å². The summed E-state index contributed by atoms with van der Waals surface area (Å²) in [6, 6.07) is -0.826. The fraction of sp³-hybridized carbons (Fsp3) is 0.750. The number of esters is 1. The summed E-state index contributed by atoms with van der Waals surface area (Å²) in [5.41, 5.74) is 4.49. The molecule has 0 bridgehead atoms. The molecule has 0 aliphatic carbocycles. The molecule has 5 nitrogen and oxygen atoms in total. The Morgan fingerprint density at radius 1 is 1.31 bits per heavy atom. The van der Waals surface area contributed by atoms with Gasteiger partial charge in [0, 0.05) is 0 Å². The van der Waals surface area contributed by atoms with E-state index in [0.717, 1.165) is 0 Å². The van der Waals surface area contributed by atoms with Crippen LogP contribution >= 0.6 is 0 Å². The molecule has 0 saturated heterocycles. The van der Waals surface area contributed by atoms with E-state index in [2.05, 4.69) is 4.74 Å². The highest BCUT2D eigenvalue weighted by molar-refractivity contribution is 5.85. The van der Waals surface area contributed by atoms with Crippen molar-refractivity contribution in [1.29, 1.82) is 0 Å². The summed E-state index contributed by atoms with van der Waals surface area (Å²) in [5.74, 6) is -0.797. The van der Waals surface area contributed by atoms with Crippen LogP contribution in [0.4, 0.5) is 4.79 Å². The Bertz CT molecular complexity index is 205. The first-order chi connectivity index (χ1) is 5.72. The van der Waals surface area contributed by atoms with Crippen LogP contribution in [0.2, 0.25) is 0 Å². The van der Waals surface area contributed by atoms with Crippen LogP contribution in [-0.2, 0) is 14.3 Å². The highest BCUT2D eigenvalue weighted by Crippen LogP contribution is 2.08. The Hall–Kier alpha value is -1.10. The van der Waals surface area contributed by atoms with E-state index in [1.165, 1.54) is 6.92 Å². The molecule has 0 aromatic heterocycles. The number of nitrogens with two attached hydrogens (primary N) is 1. The quantitative estimate of drug-likeness (QED) is 0.487. The number of hydrogen-bond donors (Lipinski definition) is 1. The maximum atomic E-state index is 10.9. The zero-order valence-corrected chi connectivity index (χ0v) is 8.29. The largest absolute Gasteiger partial charge is 0.516 e. The molecule has 0 fully saturated rings. The number of carbonyl (C=O) groups is 2. The lowest BCUT2D eigenvalue weighted by atomic mass is 10.2. The van der Waals surface area contributed by atoms with Crippen LogP contribution in [0.5, 0.6) is 0 Å². The molecule has 1 unspecified atom stereocenters. The summed E-state index contributed by atoms with van der Waals surface area (Å²) in [7, 11) is 0. The molecule has 0 aliphatic rings. The van der Waals surface area contributed by atoms with Crippen molar-refractivity contribution in [1.82, 2.24) is 0 Å². The molecule has 13 heavy (non-hydrogen) atoms. The maximum absolute atomic E-state index is 10.9. The van der Waals surface area contributed by atoms with E-state index in [4.69, 9.17) is 10.5 Å². The van der Waals surface area contributed by atoms with Crippen molar-refractivity contribution in [3.05, 3.63) is 0 Å². The minimum atomic E-state index is -1.02. The SMILES string of the molecule is CC(N)C(=O)OC(=O)OC(C)(C)C. The molecular weight excluding hydrogens is 174 g/mol. The van der Waals surface area contributed by atoms with Crippen LogP contribution in [-0.4, -0.2) is 23.8 Å². The third-order valence-electron chi connectivity index (χ3n) is 0.945. The van der Waals surface area contributed by atoms with Crippen LogP contribution in [0.3, 0.4) is 0 Å². The molecule has 2 N–H and O–H groups in total. The Kier molecular flexibility index (Phi) is 3.87. The van der Waals surface area contributed by atoms with Gasteiger partial charge in [-0.1, -0.05) is 0 Å². The minimum Gasteiger partial charge on any atom is -0.428 e. The molecule has 0 aromatic rings. The molecule has 0 rings (SSSR count). The summed E-state index contributed by atoms with van der Waals surface area (Å²) >= 11 is 0. The number of ether oxygens (including phenoxy) is 2. The van der Waals surface area contributed by atoms with E-state index in [1.54, 1.807) is 20.8 Å². The van der Waals surface area contributed by atoms with Crippen molar-refractivity contribution < 1.29 is 19.1 Å². The fourth-order valence-electron chi connectivity index (χ4n) is 0.446. The van der Waals surface area contributed by atoms with E-state index in [0.29, 0.717) is 0 Å². The average molecular weight is 189 g/mol. The second-order valence-corrected chi connectivity index (χ2v) is 3.67. The second kappa shape index (κ2) is 4.23. The third-order valence-corrected chi connectivity index (χ3v) is 0.945. The Morgan fingerprint density at radius 2 is 1.77 bits per heavy atom. The van der Waals surface area contributed by atoms with Crippen molar-refractivity contribution in [3.63, 3.8) is 0 Å². The minimum absolute atomic E-state index is 0.671. The summed E-state index contributed by atoms with van der Waals surface area (Å²) in [4.78, 5) is 21.6. The Labute approximate surface area is 77.2 Å². The van der Waals surface area contributed by atoms with E-state index >= 15 is 0 Å². The van der Waals surface area contributed by atoms with Crippen LogP contribution in [0.1, 0.15) is 27.7 Å². The zero-order valence-electron chi connectivity index (χ0n) is 8.29. The maximum Gasteiger partial charge on any atom is 0.516 e. The predicted octanol–water partition coefficient (Wildman–Crippen LogP) is 0.812. The van der Waals surface area contributed by atoms with Crippen molar-refractivity contribution in [3.8, 4) is 0 Å². The normalized spacial score (nSPS) is 13.3. The molecular formula is C8H15NO4. The van der Waals surface area contributed by atoms with Gasteiger partial charge in [-0.2, -0.15) is 0 Å². The standard InChI is InChI=1S/C8H15NO4/c1-5(9)6(10)12-7(11)13-8(2,3)4/h5H,9H2,1-4H3. The lowest BCUT2D eigenvalue weighted by molar-refractivity contribution is -0.142. The van der Waals surface area contributed by atoms with Crippen molar-refractivity contribution in [2.24, 2.45) is 5.73 Å². The molecule has 0 heterocycles. The van der Waals surface area contributed by atoms with Gasteiger partial charge in [-0.3, -0.25) is 0 Å². The molecule has 0 spiro atoms. The summed E-state index contributed by atoms with van der Waals surface area (Å²) in [6.07, 6.45) is -1.02. The fourth-order valence-corrected chi connectivity index (χ4v) is 0.446. The Morgan fingerprint density at radius 3 is 2.08 bits per heavy atom. The first-order valence-electron chi connectivity index (χ1n) is 3.92. The predicted molar refractivity (Wildman–Crippen MR) is 46.0 cm³/mol. The van der Waals surface area contributed by atoms with Gasteiger partial charge in [-0.05, 0) is 27.7 Å². The van der Waals surface area contributed by atoms with E-state index < -0.39 is 23.8 Å². The van der Waals surface area contributed by atoms with Crippen LogP contribution in [0, 0.1) is 0 Å². The highest BCUT2D eigenvalue weighted by Gasteiger charge is 2.21. The van der Waals surface area contributed by atoms with Crippen LogP contribution in [0.25, 0.3) is 0 Å². The van der Waals surface area contributed by atoms with Gasteiger partial charge in [0.25, 0.3) is 0 Å². The molecule has 5 heteroatoms. The van der Waals surface area contributed by atoms with Gasteiger partial charge in [-0.15, -0.1) is 0 Å². The topological polar surface area (TPSA) is 78.6 Å². The molecule has 0 amide bonds.